The minimum absolute atomic E-state index is 0.0945. The second-order valence-corrected chi connectivity index (χ2v) is 6.32. The van der Waals surface area contributed by atoms with Gasteiger partial charge >= 0.3 is 6.36 Å². The Bertz CT molecular complexity index is 537. The van der Waals surface area contributed by atoms with Gasteiger partial charge in [-0.25, -0.2) is 13.1 Å². The normalized spacial score (nSPS) is 12.7. The molecule has 8 heteroatoms. The molecular weight excluding hydrogens is 307 g/mol. The van der Waals surface area contributed by atoms with E-state index in [0.717, 1.165) is 37.1 Å². The summed E-state index contributed by atoms with van der Waals surface area (Å²) in [5, 5.41) is 0. The van der Waals surface area contributed by atoms with Crippen LogP contribution in [0.5, 0.6) is 5.75 Å². The second-order valence-electron chi connectivity index (χ2n) is 4.55. The molecule has 1 aromatic rings. The Morgan fingerprint density at radius 3 is 2.10 bits per heavy atom. The van der Waals surface area contributed by atoms with E-state index in [1.165, 1.54) is 0 Å². The highest BCUT2D eigenvalue weighted by Gasteiger charge is 2.31. The summed E-state index contributed by atoms with van der Waals surface area (Å²) >= 11 is 0. The molecule has 0 spiro atoms. The van der Waals surface area contributed by atoms with Gasteiger partial charge in [0.05, 0.1) is 4.90 Å². The van der Waals surface area contributed by atoms with Gasteiger partial charge < -0.3 is 4.74 Å². The van der Waals surface area contributed by atoms with E-state index < -0.39 is 22.1 Å². The summed E-state index contributed by atoms with van der Waals surface area (Å²) in [5.74, 6) is -0.228. The number of benzene rings is 1. The molecule has 0 aliphatic heterocycles. The quantitative estimate of drug-likeness (QED) is 0.837. The van der Waals surface area contributed by atoms with Gasteiger partial charge in [-0.05, 0) is 30.2 Å². The summed E-state index contributed by atoms with van der Waals surface area (Å²) in [4.78, 5) is -0.0945. The van der Waals surface area contributed by atoms with E-state index in [2.05, 4.69) is 9.46 Å². The van der Waals surface area contributed by atoms with Crippen molar-refractivity contribution >= 4 is 10.0 Å². The van der Waals surface area contributed by atoms with E-state index in [-0.39, 0.29) is 10.8 Å². The van der Waals surface area contributed by atoms with Crippen molar-refractivity contribution in [3.8, 4) is 5.75 Å². The number of sulfonamides is 1. The van der Waals surface area contributed by atoms with Crippen molar-refractivity contribution in [1.82, 2.24) is 4.72 Å². The molecular formula is C13H18F3NO3S. The number of hydrogen-bond acceptors (Lipinski definition) is 3. The molecule has 21 heavy (non-hydrogen) atoms. The fourth-order valence-electron chi connectivity index (χ4n) is 1.71. The van der Waals surface area contributed by atoms with Crippen molar-refractivity contribution < 1.29 is 26.3 Å². The van der Waals surface area contributed by atoms with Crippen molar-refractivity contribution in [3.63, 3.8) is 0 Å². The Labute approximate surface area is 122 Å². The molecule has 0 bridgehead atoms. The van der Waals surface area contributed by atoms with Gasteiger partial charge in [0.1, 0.15) is 5.75 Å². The van der Waals surface area contributed by atoms with Gasteiger partial charge in [-0.3, -0.25) is 0 Å². The summed E-state index contributed by atoms with van der Waals surface area (Å²) in [6, 6.07) is 4.10. The van der Waals surface area contributed by atoms with Crippen molar-refractivity contribution in [1.29, 1.82) is 0 Å². The number of nitrogens with one attached hydrogen (secondary N) is 1. The van der Waals surface area contributed by atoms with E-state index in [9.17, 15) is 21.6 Å². The largest absolute Gasteiger partial charge is 0.573 e. The standard InChI is InChI=1S/C13H18F3NO3S/c1-3-10(4-2)9-17-21(18,19)12-7-5-11(6-8-12)20-13(14,15)16/h5-8,10,17H,3-4,9H2,1-2H3. The molecule has 0 radical (unpaired) electrons. The maximum Gasteiger partial charge on any atom is 0.573 e. The van der Waals surface area contributed by atoms with E-state index in [4.69, 9.17) is 0 Å². The summed E-state index contributed by atoms with van der Waals surface area (Å²) in [6.45, 7) is 4.23. The molecule has 4 nitrogen and oxygen atoms in total. The first-order valence-corrected chi connectivity index (χ1v) is 8.01. The van der Waals surface area contributed by atoms with Crippen LogP contribution in [0.2, 0.25) is 0 Å². The summed E-state index contributed by atoms with van der Waals surface area (Å²) in [7, 11) is -3.72. The zero-order valence-corrected chi connectivity index (χ0v) is 12.6. The van der Waals surface area contributed by atoms with Gasteiger partial charge in [0.2, 0.25) is 10.0 Å². The highest BCUT2D eigenvalue weighted by atomic mass is 32.2. The van der Waals surface area contributed by atoms with Crippen molar-refractivity contribution in [2.45, 2.75) is 37.9 Å². The van der Waals surface area contributed by atoms with Crippen LogP contribution in [0.15, 0.2) is 29.2 Å². The number of alkyl halides is 3. The van der Waals surface area contributed by atoms with Crippen molar-refractivity contribution in [2.75, 3.05) is 6.54 Å². The zero-order valence-electron chi connectivity index (χ0n) is 11.8. The summed E-state index contributed by atoms with van der Waals surface area (Å²) < 4.78 is 66.2. The lowest BCUT2D eigenvalue weighted by atomic mass is 10.0. The third-order valence-electron chi connectivity index (χ3n) is 3.08. The highest BCUT2D eigenvalue weighted by Crippen LogP contribution is 2.23. The molecule has 0 amide bonds. The first-order valence-electron chi connectivity index (χ1n) is 6.53. The molecule has 0 saturated heterocycles. The molecule has 1 N–H and O–H groups in total. The Hall–Kier alpha value is -1.28. The number of rotatable bonds is 7. The first-order chi connectivity index (χ1) is 9.68. The topological polar surface area (TPSA) is 55.4 Å². The lowest BCUT2D eigenvalue weighted by Gasteiger charge is -2.14. The molecule has 0 unspecified atom stereocenters. The zero-order chi connectivity index (χ0) is 16.1. The molecule has 0 saturated carbocycles. The fraction of sp³-hybridized carbons (Fsp3) is 0.538. The van der Waals surface area contributed by atoms with Gasteiger partial charge in [-0.2, -0.15) is 0 Å². The third kappa shape index (κ3) is 5.92. The van der Waals surface area contributed by atoms with Crippen LogP contribution in [0.1, 0.15) is 26.7 Å². The molecule has 120 valence electrons. The van der Waals surface area contributed by atoms with Crippen LogP contribution in [0.3, 0.4) is 0 Å². The number of halogens is 3. The Morgan fingerprint density at radius 1 is 1.14 bits per heavy atom. The predicted octanol–water partition coefficient (Wildman–Crippen LogP) is 3.30. The minimum atomic E-state index is -4.80. The first kappa shape index (κ1) is 17.8. The summed E-state index contributed by atoms with van der Waals surface area (Å²) in [6.07, 6.45) is -3.11. The van der Waals surface area contributed by atoms with Gasteiger partial charge in [-0.1, -0.05) is 26.7 Å². The highest BCUT2D eigenvalue weighted by molar-refractivity contribution is 7.89. The monoisotopic (exact) mass is 325 g/mol. The molecule has 0 aromatic heterocycles. The minimum Gasteiger partial charge on any atom is -0.406 e. The maximum atomic E-state index is 12.0. The van der Waals surface area contributed by atoms with Crippen LogP contribution in [-0.2, 0) is 10.0 Å². The number of hydrogen-bond donors (Lipinski definition) is 1. The molecule has 0 atom stereocenters. The van der Waals surface area contributed by atoms with Crippen LogP contribution in [-0.4, -0.2) is 21.3 Å². The van der Waals surface area contributed by atoms with Gasteiger partial charge in [0.15, 0.2) is 0 Å². The average molecular weight is 325 g/mol. The van der Waals surface area contributed by atoms with Crippen LogP contribution in [0.4, 0.5) is 13.2 Å². The van der Waals surface area contributed by atoms with Crippen molar-refractivity contribution in [3.05, 3.63) is 24.3 Å². The van der Waals surface area contributed by atoms with E-state index in [1.54, 1.807) is 0 Å². The average Bonchev–Trinajstić information content (AvgIpc) is 2.38. The molecule has 0 aliphatic rings. The van der Waals surface area contributed by atoms with E-state index in [0.29, 0.717) is 6.54 Å². The SMILES string of the molecule is CCC(CC)CNS(=O)(=O)c1ccc(OC(F)(F)F)cc1. The van der Waals surface area contributed by atoms with Gasteiger partial charge in [0.25, 0.3) is 0 Å². The van der Waals surface area contributed by atoms with E-state index in [1.807, 2.05) is 13.8 Å². The Balaban J connectivity index is 2.76. The second kappa shape index (κ2) is 7.13. The molecule has 0 heterocycles. The Kier molecular flexibility index (Phi) is 6.03. The molecule has 0 fully saturated rings. The third-order valence-corrected chi connectivity index (χ3v) is 4.52. The molecule has 0 aliphatic carbocycles. The number of ether oxygens (including phenoxy) is 1. The van der Waals surface area contributed by atoms with Crippen LogP contribution in [0, 0.1) is 5.92 Å². The maximum absolute atomic E-state index is 12.0. The van der Waals surface area contributed by atoms with Gasteiger partial charge in [0, 0.05) is 6.54 Å². The lowest BCUT2D eigenvalue weighted by Crippen LogP contribution is -2.29. The van der Waals surface area contributed by atoms with Crippen LogP contribution < -0.4 is 9.46 Å². The predicted molar refractivity (Wildman–Crippen MR) is 72.4 cm³/mol. The van der Waals surface area contributed by atoms with Gasteiger partial charge in [-0.15, -0.1) is 13.2 Å². The summed E-state index contributed by atoms with van der Waals surface area (Å²) in [5.41, 5.74) is 0. The van der Waals surface area contributed by atoms with Crippen LogP contribution in [0.25, 0.3) is 0 Å². The lowest BCUT2D eigenvalue weighted by molar-refractivity contribution is -0.274. The van der Waals surface area contributed by atoms with Crippen molar-refractivity contribution in [2.24, 2.45) is 5.92 Å². The smallest absolute Gasteiger partial charge is 0.406 e. The Morgan fingerprint density at radius 2 is 1.67 bits per heavy atom. The van der Waals surface area contributed by atoms with E-state index >= 15 is 0 Å². The van der Waals surface area contributed by atoms with Crippen LogP contribution >= 0.6 is 0 Å². The molecule has 1 rings (SSSR count). The molecule has 1 aromatic carbocycles. The fourth-order valence-corrected chi connectivity index (χ4v) is 2.82.